The average molecular weight is 792 g/mol. The summed E-state index contributed by atoms with van der Waals surface area (Å²) in [6.45, 7) is 15.6. The topological polar surface area (TPSA) is 66.5 Å². The Morgan fingerprint density at radius 1 is 0.468 bits per heavy atom. The van der Waals surface area contributed by atoms with Crippen LogP contribution in [0.5, 0.6) is 0 Å². The second-order valence-electron chi connectivity index (χ2n) is 14.7. The minimum atomic E-state index is 0.346. The van der Waals surface area contributed by atoms with Gasteiger partial charge in [0.15, 0.2) is 11.4 Å². The Labute approximate surface area is 359 Å². The number of hydrogen-bond acceptors (Lipinski definition) is 4. The molecule has 288 valence electrons. The molecule has 0 saturated carbocycles. The predicted octanol–water partition coefficient (Wildman–Crippen LogP) is 14.7. The molecular formula is C55H33N7. The van der Waals surface area contributed by atoms with E-state index in [0.717, 1.165) is 55.7 Å². The molecule has 0 bridgehead atoms. The average Bonchev–Trinajstić information content (AvgIpc) is 3.68. The largest absolute Gasteiger partial charge is 0.310 e. The second kappa shape index (κ2) is 15.9. The molecule has 0 aliphatic rings. The van der Waals surface area contributed by atoms with Crippen molar-refractivity contribution in [1.82, 2.24) is 14.5 Å². The van der Waals surface area contributed by atoms with Crippen molar-refractivity contribution in [3.8, 4) is 56.8 Å². The molecule has 7 nitrogen and oxygen atoms in total. The van der Waals surface area contributed by atoms with Crippen LogP contribution in [-0.2, 0) is 0 Å². The van der Waals surface area contributed by atoms with Gasteiger partial charge in [-0.1, -0.05) is 127 Å². The first-order valence-corrected chi connectivity index (χ1v) is 20.0. The summed E-state index contributed by atoms with van der Waals surface area (Å²) in [5.41, 5.74) is 12.5. The summed E-state index contributed by atoms with van der Waals surface area (Å²) in [7, 11) is 0. The van der Waals surface area contributed by atoms with Gasteiger partial charge in [-0.25, -0.2) is 19.7 Å². The molecule has 0 atom stereocenters. The maximum absolute atomic E-state index is 10.6. The maximum Gasteiger partial charge on any atom is 0.198 e. The second-order valence-corrected chi connectivity index (χ2v) is 14.7. The van der Waals surface area contributed by atoms with Crippen LogP contribution in [0.4, 0.5) is 28.4 Å². The molecule has 2 aromatic heterocycles. The summed E-state index contributed by atoms with van der Waals surface area (Å²) < 4.78 is 2.31. The van der Waals surface area contributed by atoms with Crippen LogP contribution in [-0.4, -0.2) is 14.5 Å². The normalized spacial score (nSPS) is 10.9. The van der Waals surface area contributed by atoms with Crippen LogP contribution in [0.2, 0.25) is 0 Å². The molecule has 0 aliphatic heterocycles. The summed E-state index contributed by atoms with van der Waals surface area (Å²) >= 11 is 0. The van der Waals surface area contributed by atoms with Crippen molar-refractivity contribution in [1.29, 1.82) is 5.26 Å². The van der Waals surface area contributed by atoms with Crippen molar-refractivity contribution in [3.63, 3.8) is 0 Å². The van der Waals surface area contributed by atoms with E-state index >= 15 is 0 Å². The van der Waals surface area contributed by atoms with Crippen LogP contribution in [0, 0.1) is 24.5 Å². The van der Waals surface area contributed by atoms with Gasteiger partial charge in [-0.05, 0) is 83.9 Å². The Morgan fingerprint density at radius 2 is 1.03 bits per heavy atom. The molecule has 0 aliphatic carbocycles. The Morgan fingerprint density at radius 3 is 1.71 bits per heavy atom. The van der Waals surface area contributed by atoms with Crippen molar-refractivity contribution < 1.29 is 0 Å². The molecule has 0 radical (unpaired) electrons. The minimum Gasteiger partial charge on any atom is -0.310 e. The predicted molar refractivity (Wildman–Crippen MR) is 250 cm³/mol. The van der Waals surface area contributed by atoms with E-state index in [1.807, 2.05) is 66.7 Å². The number of nitrogens with zero attached hydrogens (tertiary/aromatic N) is 7. The minimum absolute atomic E-state index is 0.346. The Kier molecular flexibility index (Phi) is 9.56. The number of fused-ring (bicyclic) bond motifs is 3. The molecule has 0 unspecified atom stereocenters. The highest BCUT2D eigenvalue weighted by Crippen LogP contribution is 2.41. The molecule has 0 saturated heterocycles. The number of benzene rings is 8. The SMILES string of the molecule is [C-]#[N+]c1ccccc1-c1cc(-c2ccc(-c3ccc(-n4c5ccccc5c5cc(N(c6ccccc6)c6ccccc6)ccc54)cc3)cc2C#N)nc(-c2ccccc2[N+]#[C-])n1. The molecule has 7 heteroatoms. The molecule has 62 heavy (non-hydrogen) atoms. The lowest BCUT2D eigenvalue weighted by atomic mass is 9.96. The first-order chi connectivity index (χ1) is 30.6. The van der Waals surface area contributed by atoms with Gasteiger partial charge in [0.05, 0.1) is 47.2 Å². The summed E-state index contributed by atoms with van der Waals surface area (Å²) in [4.78, 5) is 19.5. The Hall–Kier alpha value is -9.09. The fraction of sp³-hybridized carbons (Fsp3) is 0. The lowest BCUT2D eigenvalue weighted by molar-refractivity contribution is 1.18. The molecule has 0 N–H and O–H groups in total. The number of anilines is 3. The third kappa shape index (κ3) is 6.67. The van der Waals surface area contributed by atoms with E-state index < -0.39 is 0 Å². The molecule has 0 spiro atoms. The fourth-order valence-electron chi connectivity index (χ4n) is 8.21. The molecule has 0 fully saturated rings. The summed E-state index contributed by atoms with van der Waals surface area (Å²) in [6, 6.07) is 69.0. The third-order valence-corrected chi connectivity index (χ3v) is 11.1. The lowest BCUT2D eigenvalue weighted by Gasteiger charge is -2.25. The van der Waals surface area contributed by atoms with Crippen LogP contribution in [0.3, 0.4) is 0 Å². The zero-order valence-corrected chi connectivity index (χ0v) is 33.2. The fourth-order valence-corrected chi connectivity index (χ4v) is 8.21. The van der Waals surface area contributed by atoms with E-state index in [4.69, 9.17) is 23.1 Å². The van der Waals surface area contributed by atoms with Crippen molar-refractivity contribution in [2.45, 2.75) is 0 Å². The number of aromatic nitrogens is 3. The first-order valence-electron chi connectivity index (χ1n) is 20.0. The Bertz CT molecular complexity index is 3330. The van der Waals surface area contributed by atoms with Gasteiger partial charge in [-0.15, -0.1) is 0 Å². The van der Waals surface area contributed by atoms with Crippen molar-refractivity contribution >= 4 is 50.2 Å². The van der Waals surface area contributed by atoms with Gasteiger partial charge in [0.25, 0.3) is 0 Å². The smallest absolute Gasteiger partial charge is 0.198 e. The van der Waals surface area contributed by atoms with E-state index in [0.29, 0.717) is 50.8 Å². The summed E-state index contributed by atoms with van der Waals surface area (Å²) in [5.74, 6) is 0.346. The van der Waals surface area contributed by atoms with Crippen LogP contribution in [0.25, 0.3) is 82.2 Å². The van der Waals surface area contributed by atoms with Gasteiger partial charge in [0.1, 0.15) is 5.82 Å². The van der Waals surface area contributed by atoms with E-state index in [-0.39, 0.29) is 0 Å². The van der Waals surface area contributed by atoms with Crippen molar-refractivity contribution in [2.24, 2.45) is 0 Å². The highest BCUT2D eigenvalue weighted by molar-refractivity contribution is 6.10. The van der Waals surface area contributed by atoms with Gasteiger partial charge in [-0.2, -0.15) is 5.26 Å². The summed E-state index contributed by atoms with van der Waals surface area (Å²) in [6.07, 6.45) is 0. The zero-order chi connectivity index (χ0) is 42.0. The van der Waals surface area contributed by atoms with Gasteiger partial charge in [0.2, 0.25) is 0 Å². The van der Waals surface area contributed by atoms with Crippen LogP contribution >= 0.6 is 0 Å². The highest BCUT2D eigenvalue weighted by Gasteiger charge is 2.19. The van der Waals surface area contributed by atoms with Gasteiger partial charge in [-0.3, -0.25) is 0 Å². The van der Waals surface area contributed by atoms with E-state index in [1.54, 1.807) is 18.2 Å². The monoisotopic (exact) mass is 791 g/mol. The van der Waals surface area contributed by atoms with E-state index in [9.17, 15) is 5.26 Å². The molecule has 10 rings (SSSR count). The number of hydrogen-bond donors (Lipinski definition) is 0. The lowest BCUT2D eigenvalue weighted by Crippen LogP contribution is -2.09. The molecule has 8 aromatic carbocycles. The molecule has 2 heterocycles. The van der Waals surface area contributed by atoms with Crippen molar-refractivity contribution in [3.05, 3.63) is 229 Å². The molecular weight excluding hydrogens is 759 g/mol. The number of nitriles is 1. The third-order valence-electron chi connectivity index (χ3n) is 11.1. The van der Waals surface area contributed by atoms with Gasteiger partial charge in [0, 0.05) is 50.2 Å². The van der Waals surface area contributed by atoms with Gasteiger partial charge >= 0.3 is 0 Å². The van der Waals surface area contributed by atoms with Crippen LogP contribution < -0.4 is 4.90 Å². The van der Waals surface area contributed by atoms with Crippen molar-refractivity contribution in [2.75, 3.05) is 4.90 Å². The molecule has 10 aromatic rings. The first kappa shape index (κ1) is 37.2. The van der Waals surface area contributed by atoms with E-state index in [2.05, 4.69) is 140 Å². The highest BCUT2D eigenvalue weighted by atomic mass is 15.1. The number of para-hydroxylation sites is 5. The van der Waals surface area contributed by atoms with Gasteiger partial charge < -0.3 is 9.47 Å². The summed E-state index contributed by atoms with van der Waals surface area (Å²) in [5, 5.41) is 12.9. The Balaban J connectivity index is 1.03. The number of rotatable bonds is 8. The van der Waals surface area contributed by atoms with Crippen LogP contribution in [0.1, 0.15) is 5.56 Å². The zero-order valence-electron chi connectivity index (χ0n) is 33.2. The van der Waals surface area contributed by atoms with E-state index in [1.165, 1.54) is 0 Å². The van der Waals surface area contributed by atoms with Crippen LogP contribution in [0.15, 0.2) is 200 Å². The maximum atomic E-state index is 10.6. The molecule has 0 amide bonds. The standard InChI is InChI=1S/C55H33N7/c1-57-49-22-12-9-20-46(49)52-35-51(59-55(60-52)47-21-10-13-23-50(47)58-2)44-31-27-38(33-39(44)36-56)37-25-28-42(29-26-37)62-53-24-14-11-19-45(53)48-34-43(30-32-54(48)62)61(40-15-5-3-6-16-40)41-17-7-4-8-18-41/h3-35H. The quantitative estimate of drug-likeness (QED) is 0.144.